The van der Waals surface area contributed by atoms with Crippen molar-refractivity contribution in [1.82, 2.24) is 0 Å². The Labute approximate surface area is 62.1 Å². The van der Waals surface area contributed by atoms with Gasteiger partial charge in [-0.05, 0) is 12.5 Å². The highest BCUT2D eigenvalue weighted by atomic mass is 32.1. The third-order valence-electron chi connectivity index (χ3n) is 1.44. The van der Waals surface area contributed by atoms with Crippen LogP contribution < -0.4 is 5.46 Å². The standard InChI is InChI=1S/C7H9BS/c1-5-3-2-4-6(8)7(5)9/h2-4,9H,8H2,1H3. The van der Waals surface area contributed by atoms with Crippen molar-refractivity contribution in [1.29, 1.82) is 0 Å². The molecule has 0 atom stereocenters. The Morgan fingerprint density at radius 2 is 2.11 bits per heavy atom. The van der Waals surface area contributed by atoms with Crippen LogP contribution >= 0.6 is 12.6 Å². The first kappa shape index (κ1) is 6.75. The average Bonchev–Trinajstić information content (AvgIpc) is 1.83. The van der Waals surface area contributed by atoms with Crippen molar-refractivity contribution in [3.63, 3.8) is 0 Å². The maximum atomic E-state index is 4.31. The maximum absolute atomic E-state index is 4.31. The Balaban J connectivity index is 3.25. The molecule has 0 nitrogen and oxygen atoms in total. The summed E-state index contributed by atoms with van der Waals surface area (Å²) >= 11 is 4.31. The highest BCUT2D eigenvalue weighted by Crippen LogP contribution is 2.06. The first-order valence-electron chi connectivity index (χ1n) is 2.97. The largest absolute Gasteiger partial charge is 0.144 e. The van der Waals surface area contributed by atoms with Gasteiger partial charge < -0.3 is 0 Å². The van der Waals surface area contributed by atoms with Gasteiger partial charge in [-0.3, -0.25) is 0 Å². The minimum absolute atomic E-state index is 1.11. The van der Waals surface area contributed by atoms with E-state index in [4.69, 9.17) is 0 Å². The molecule has 0 radical (unpaired) electrons. The minimum atomic E-state index is 1.11. The van der Waals surface area contributed by atoms with E-state index in [-0.39, 0.29) is 0 Å². The molecule has 0 aliphatic rings. The Kier molecular flexibility index (Phi) is 1.86. The summed E-state index contributed by atoms with van der Waals surface area (Å²) in [6, 6.07) is 6.18. The average molecular weight is 136 g/mol. The van der Waals surface area contributed by atoms with Crippen LogP contribution in [0.25, 0.3) is 0 Å². The first-order valence-corrected chi connectivity index (χ1v) is 3.41. The van der Waals surface area contributed by atoms with Gasteiger partial charge in [-0.15, -0.1) is 12.6 Å². The van der Waals surface area contributed by atoms with Gasteiger partial charge in [0.25, 0.3) is 0 Å². The molecule has 0 saturated heterocycles. The molecule has 0 unspecified atom stereocenters. The van der Waals surface area contributed by atoms with Crippen LogP contribution in [0.4, 0.5) is 0 Å². The zero-order valence-electron chi connectivity index (χ0n) is 5.68. The summed E-state index contributed by atoms with van der Waals surface area (Å²) in [4.78, 5) is 1.11. The fourth-order valence-electron chi connectivity index (χ4n) is 0.806. The number of aryl methyl sites for hydroxylation is 1. The van der Waals surface area contributed by atoms with Gasteiger partial charge in [-0.2, -0.15) is 0 Å². The van der Waals surface area contributed by atoms with Crippen molar-refractivity contribution in [3.05, 3.63) is 23.8 Å². The van der Waals surface area contributed by atoms with Crippen molar-refractivity contribution < 1.29 is 0 Å². The van der Waals surface area contributed by atoms with E-state index in [2.05, 4.69) is 39.5 Å². The summed E-state index contributed by atoms with van der Waals surface area (Å²) < 4.78 is 0. The predicted octanol–water partition coefficient (Wildman–Crippen LogP) is 0.542. The SMILES string of the molecule is Bc1cccc(C)c1S. The van der Waals surface area contributed by atoms with Crippen molar-refractivity contribution in [3.8, 4) is 0 Å². The second-order valence-electron chi connectivity index (χ2n) is 2.24. The van der Waals surface area contributed by atoms with Crippen molar-refractivity contribution in [2.75, 3.05) is 0 Å². The van der Waals surface area contributed by atoms with Gasteiger partial charge in [0.05, 0.1) is 0 Å². The molecule has 0 bridgehead atoms. The molecule has 0 saturated carbocycles. The Bertz CT molecular complexity index is 200. The fraction of sp³-hybridized carbons (Fsp3) is 0.143. The topological polar surface area (TPSA) is 0 Å². The van der Waals surface area contributed by atoms with Gasteiger partial charge in [0.2, 0.25) is 0 Å². The number of thiol groups is 1. The van der Waals surface area contributed by atoms with Crippen LogP contribution in [0.2, 0.25) is 0 Å². The lowest BCUT2D eigenvalue weighted by Gasteiger charge is -2.00. The molecule has 0 aliphatic carbocycles. The van der Waals surface area contributed by atoms with Gasteiger partial charge in [-0.25, -0.2) is 0 Å². The quantitative estimate of drug-likeness (QED) is 0.390. The smallest absolute Gasteiger partial charge is 0.140 e. The van der Waals surface area contributed by atoms with Crippen LogP contribution in [0.1, 0.15) is 5.56 Å². The van der Waals surface area contributed by atoms with Crippen molar-refractivity contribution >= 4 is 25.9 Å². The van der Waals surface area contributed by atoms with E-state index in [1.165, 1.54) is 11.0 Å². The van der Waals surface area contributed by atoms with Gasteiger partial charge in [0.1, 0.15) is 7.85 Å². The summed E-state index contributed by atoms with van der Waals surface area (Å²) in [6.07, 6.45) is 0. The summed E-state index contributed by atoms with van der Waals surface area (Å²) in [6.45, 7) is 2.06. The summed E-state index contributed by atoms with van der Waals surface area (Å²) in [5.41, 5.74) is 2.50. The molecule has 1 rings (SSSR count). The third kappa shape index (κ3) is 1.30. The molecule has 0 N–H and O–H groups in total. The molecule has 46 valence electrons. The Hall–Kier alpha value is -0.365. The molecule has 0 aromatic heterocycles. The maximum Gasteiger partial charge on any atom is 0.140 e. The van der Waals surface area contributed by atoms with E-state index in [9.17, 15) is 0 Å². The summed E-state index contributed by atoms with van der Waals surface area (Å²) in [7, 11) is 2.06. The van der Waals surface area contributed by atoms with Crippen LogP contribution in [-0.4, -0.2) is 7.85 Å². The van der Waals surface area contributed by atoms with Gasteiger partial charge >= 0.3 is 0 Å². The highest BCUT2D eigenvalue weighted by Gasteiger charge is 1.92. The monoisotopic (exact) mass is 136 g/mol. The molecule has 9 heavy (non-hydrogen) atoms. The normalized spacial score (nSPS) is 9.56. The van der Waals surface area contributed by atoms with E-state index >= 15 is 0 Å². The van der Waals surface area contributed by atoms with Crippen molar-refractivity contribution in [2.45, 2.75) is 11.8 Å². The van der Waals surface area contributed by atoms with Crippen LogP contribution in [0.3, 0.4) is 0 Å². The molecular weight excluding hydrogens is 127 g/mol. The van der Waals surface area contributed by atoms with E-state index in [0.29, 0.717) is 0 Å². The second-order valence-corrected chi connectivity index (χ2v) is 2.69. The van der Waals surface area contributed by atoms with Crippen LogP contribution in [0.5, 0.6) is 0 Å². The van der Waals surface area contributed by atoms with Gasteiger partial charge in [-0.1, -0.05) is 23.7 Å². The fourth-order valence-corrected chi connectivity index (χ4v) is 0.955. The van der Waals surface area contributed by atoms with E-state index < -0.39 is 0 Å². The minimum Gasteiger partial charge on any atom is -0.144 e. The molecule has 2 heteroatoms. The molecule has 0 fully saturated rings. The van der Waals surface area contributed by atoms with Crippen molar-refractivity contribution in [2.24, 2.45) is 0 Å². The van der Waals surface area contributed by atoms with E-state index in [1.54, 1.807) is 0 Å². The molecule has 0 amide bonds. The lowest BCUT2D eigenvalue weighted by atomic mass is 9.95. The molecule has 0 heterocycles. The zero-order chi connectivity index (χ0) is 6.85. The predicted molar refractivity (Wildman–Crippen MR) is 46.6 cm³/mol. The number of rotatable bonds is 0. The highest BCUT2D eigenvalue weighted by molar-refractivity contribution is 7.80. The summed E-state index contributed by atoms with van der Waals surface area (Å²) in [5, 5.41) is 0. The molecule has 1 aromatic carbocycles. The number of hydrogen-bond acceptors (Lipinski definition) is 1. The van der Waals surface area contributed by atoms with Crippen LogP contribution in [0.15, 0.2) is 23.1 Å². The number of benzene rings is 1. The van der Waals surface area contributed by atoms with E-state index in [0.717, 1.165) is 4.90 Å². The Morgan fingerprint density at radius 1 is 1.44 bits per heavy atom. The number of hydrogen-bond donors (Lipinski definition) is 1. The molecule has 1 aromatic rings. The second kappa shape index (κ2) is 2.48. The van der Waals surface area contributed by atoms with Gasteiger partial charge in [0.15, 0.2) is 0 Å². The zero-order valence-corrected chi connectivity index (χ0v) is 6.57. The lowest BCUT2D eigenvalue weighted by molar-refractivity contribution is 1.35. The van der Waals surface area contributed by atoms with Crippen LogP contribution in [-0.2, 0) is 0 Å². The molecular formula is C7H9BS. The lowest BCUT2D eigenvalue weighted by Crippen LogP contribution is -2.04. The third-order valence-corrected chi connectivity index (χ3v) is 2.14. The van der Waals surface area contributed by atoms with Crippen LogP contribution in [0, 0.1) is 6.92 Å². The first-order chi connectivity index (χ1) is 4.22. The van der Waals surface area contributed by atoms with Gasteiger partial charge in [0, 0.05) is 4.90 Å². The Morgan fingerprint density at radius 3 is 2.56 bits per heavy atom. The summed E-state index contributed by atoms with van der Waals surface area (Å²) in [5.74, 6) is 0. The van der Waals surface area contributed by atoms with E-state index in [1.807, 2.05) is 6.07 Å². The molecule has 0 spiro atoms. The molecule has 0 aliphatic heterocycles.